The molecule has 0 atom stereocenters. The van der Waals surface area contributed by atoms with Gasteiger partial charge in [-0.25, -0.2) is 0 Å². The molecule has 0 aromatic heterocycles. The largest absolute Gasteiger partial charge is 0.495 e. The van der Waals surface area contributed by atoms with Gasteiger partial charge < -0.3 is 15.4 Å². The number of rotatable bonds is 2. The Kier molecular flexibility index (Phi) is 2.70. The Balaban J connectivity index is 2.28. The third-order valence-corrected chi connectivity index (χ3v) is 3.28. The molecule has 0 amide bonds. The number of benzene rings is 1. The van der Waals surface area contributed by atoms with Crippen molar-refractivity contribution >= 4 is 11.4 Å². The predicted molar refractivity (Wildman–Crippen MR) is 68.0 cm³/mol. The molecule has 1 aromatic rings. The van der Waals surface area contributed by atoms with Crippen LogP contribution in [0.3, 0.4) is 0 Å². The van der Waals surface area contributed by atoms with E-state index in [0.717, 1.165) is 30.2 Å². The van der Waals surface area contributed by atoms with Crippen LogP contribution in [0.25, 0.3) is 0 Å². The second-order valence-corrected chi connectivity index (χ2v) is 5.23. The van der Waals surface area contributed by atoms with E-state index in [1.54, 1.807) is 7.11 Å². The number of hydrogen-bond acceptors (Lipinski definition) is 3. The Bertz CT molecular complexity index is 388. The van der Waals surface area contributed by atoms with Crippen LogP contribution in [0.5, 0.6) is 5.75 Å². The van der Waals surface area contributed by atoms with Crippen molar-refractivity contribution < 1.29 is 4.74 Å². The second kappa shape index (κ2) is 3.89. The maximum atomic E-state index is 6.10. The Morgan fingerprint density at radius 2 is 2.12 bits per heavy atom. The molecule has 1 aliphatic heterocycles. The van der Waals surface area contributed by atoms with Gasteiger partial charge in [0.1, 0.15) is 5.75 Å². The number of hydrogen-bond donors (Lipinski definition) is 1. The second-order valence-electron chi connectivity index (χ2n) is 5.23. The molecule has 16 heavy (non-hydrogen) atoms. The molecule has 3 heteroatoms. The summed E-state index contributed by atoms with van der Waals surface area (Å²) in [5.74, 6) is 0.766. The zero-order chi connectivity index (χ0) is 11.8. The molecular formula is C13H20N2O. The molecule has 0 aliphatic carbocycles. The van der Waals surface area contributed by atoms with E-state index in [9.17, 15) is 0 Å². The number of nitrogens with two attached hydrogens (primary N) is 1. The highest BCUT2D eigenvalue weighted by Gasteiger charge is 2.30. The molecule has 3 nitrogen and oxygen atoms in total. The van der Waals surface area contributed by atoms with Gasteiger partial charge in [0, 0.05) is 13.1 Å². The van der Waals surface area contributed by atoms with Crippen LogP contribution in [-0.4, -0.2) is 20.2 Å². The molecule has 1 fully saturated rings. The fraction of sp³-hybridized carbons (Fsp3) is 0.538. The summed E-state index contributed by atoms with van der Waals surface area (Å²) >= 11 is 0. The fourth-order valence-electron chi connectivity index (χ4n) is 2.30. The van der Waals surface area contributed by atoms with Gasteiger partial charge in [-0.2, -0.15) is 0 Å². The molecule has 1 aliphatic rings. The van der Waals surface area contributed by atoms with Crippen molar-refractivity contribution in [1.29, 1.82) is 0 Å². The third-order valence-electron chi connectivity index (χ3n) is 3.28. The van der Waals surface area contributed by atoms with E-state index in [0.29, 0.717) is 5.41 Å². The lowest BCUT2D eigenvalue weighted by atomic mass is 9.93. The maximum Gasteiger partial charge on any atom is 0.143 e. The molecule has 88 valence electrons. The van der Waals surface area contributed by atoms with E-state index in [1.165, 1.54) is 6.42 Å². The molecule has 1 aromatic carbocycles. The van der Waals surface area contributed by atoms with Gasteiger partial charge in [0.15, 0.2) is 0 Å². The number of nitrogens with zero attached hydrogens (tertiary/aromatic N) is 1. The van der Waals surface area contributed by atoms with Crippen LogP contribution in [0.2, 0.25) is 0 Å². The standard InChI is InChI=1S/C13H20N2O/c1-13(2)7-8-15(9-13)10-5-4-6-11(16-3)12(10)14/h4-6H,7-9,14H2,1-3H3. The van der Waals surface area contributed by atoms with Crippen molar-refractivity contribution in [3.8, 4) is 5.75 Å². The van der Waals surface area contributed by atoms with Gasteiger partial charge in [0.2, 0.25) is 0 Å². The first-order valence-electron chi connectivity index (χ1n) is 5.71. The lowest BCUT2D eigenvalue weighted by Crippen LogP contribution is -2.23. The van der Waals surface area contributed by atoms with Crippen LogP contribution in [-0.2, 0) is 0 Å². The van der Waals surface area contributed by atoms with E-state index in [2.05, 4.69) is 24.8 Å². The van der Waals surface area contributed by atoms with Crippen molar-refractivity contribution in [2.75, 3.05) is 30.8 Å². The minimum atomic E-state index is 0.384. The van der Waals surface area contributed by atoms with Gasteiger partial charge in [0.05, 0.1) is 18.5 Å². The summed E-state index contributed by atoms with van der Waals surface area (Å²) in [6.07, 6.45) is 1.21. The molecule has 0 unspecified atom stereocenters. The fourth-order valence-corrected chi connectivity index (χ4v) is 2.30. The van der Waals surface area contributed by atoms with Crippen molar-refractivity contribution in [2.24, 2.45) is 5.41 Å². The molecule has 0 saturated carbocycles. The normalized spacial score (nSPS) is 18.8. The summed E-state index contributed by atoms with van der Waals surface area (Å²) in [6, 6.07) is 5.97. The van der Waals surface area contributed by atoms with Crippen LogP contribution in [0, 0.1) is 5.41 Å². The lowest BCUT2D eigenvalue weighted by Gasteiger charge is -2.23. The summed E-state index contributed by atoms with van der Waals surface area (Å²) in [7, 11) is 1.66. The SMILES string of the molecule is COc1cccc(N2CCC(C)(C)C2)c1N. The highest BCUT2D eigenvalue weighted by molar-refractivity contribution is 5.74. The molecule has 1 heterocycles. The first-order chi connectivity index (χ1) is 7.53. The first kappa shape index (κ1) is 11.1. The maximum absolute atomic E-state index is 6.10. The zero-order valence-electron chi connectivity index (χ0n) is 10.3. The minimum absolute atomic E-state index is 0.384. The Labute approximate surface area is 97.2 Å². The summed E-state index contributed by atoms with van der Waals surface area (Å²) in [6.45, 7) is 6.72. The van der Waals surface area contributed by atoms with Gasteiger partial charge in [-0.05, 0) is 24.0 Å². The highest BCUT2D eigenvalue weighted by Crippen LogP contribution is 2.38. The van der Waals surface area contributed by atoms with Crippen molar-refractivity contribution in [3.63, 3.8) is 0 Å². The van der Waals surface area contributed by atoms with Gasteiger partial charge in [0.25, 0.3) is 0 Å². The first-order valence-corrected chi connectivity index (χ1v) is 5.71. The van der Waals surface area contributed by atoms with Crippen LogP contribution in [0.4, 0.5) is 11.4 Å². The molecule has 2 rings (SSSR count). The van der Waals surface area contributed by atoms with Gasteiger partial charge in [-0.1, -0.05) is 19.9 Å². The van der Waals surface area contributed by atoms with E-state index in [4.69, 9.17) is 10.5 Å². The number of ether oxygens (including phenoxy) is 1. The number of nitrogen functional groups attached to an aromatic ring is 1. The minimum Gasteiger partial charge on any atom is -0.495 e. The van der Waals surface area contributed by atoms with E-state index in [-0.39, 0.29) is 0 Å². The molecule has 0 radical (unpaired) electrons. The number of methoxy groups -OCH3 is 1. The number of para-hydroxylation sites is 1. The smallest absolute Gasteiger partial charge is 0.143 e. The van der Waals surface area contributed by atoms with E-state index < -0.39 is 0 Å². The van der Waals surface area contributed by atoms with Crippen molar-refractivity contribution in [1.82, 2.24) is 0 Å². The van der Waals surface area contributed by atoms with Gasteiger partial charge in [-0.3, -0.25) is 0 Å². The molecule has 2 N–H and O–H groups in total. The predicted octanol–water partition coefficient (Wildman–Crippen LogP) is 2.51. The van der Waals surface area contributed by atoms with E-state index >= 15 is 0 Å². The number of anilines is 2. The Hall–Kier alpha value is -1.38. The monoisotopic (exact) mass is 220 g/mol. The topological polar surface area (TPSA) is 38.5 Å². The lowest BCUT2D eigenvalue weighted by molar-refractivity contribution is 0.415. The molecule has 0 spiro atoms. The average molecular weight is 220 g/mol. The summed E-state index contributed by atoms with van der Waals surface area (Å²) in [4.78, 5) is 2.35. The van der Waals surface area contributed by atoms with E-state index in [1.807, 2.05) is 12.1 Å². The van der Waals surface area contributed by atoms with Gasteiger partial charge >= 0.3 is 0 Å². The van der Waals surface area contributed by atoms with Crippen LogP contribution < -0.4 is 15.4 Å². The summed E-state index contributed by atoms with van der Waals surface area (Å²) in [5, 5.41) is 0. The van der Waals surface area contributed by atoms with Crippen molar-refractivity contribution in [2.45, 2.75) is 20.3 Å². The van der Waals surface area contributed by atoms with Crippen LogP contribution in [0.1, 0.15) is 20.3 Å². The average Bonchev–Trinajstić information content (AvgIpc) is 2.59. The van der Waals surface area contributed by atoms with Crippen molar-refractivity contribution in [3.05, 3.63) is 18.2 Å². The summed E-state index contributed by atoms with van der Waals surface area (Å²) < 4.78 is 5.25. The third kappa shape index (κ3) is 1.94. The zero-order valence-corrected chi connectivity index (χ0v) is 10.3. The van der Waals surface area contributed by atoms with Crippen LogP contribution >= 0.6 is 0 Å². The molecular weight excluding hydrogens is 200 g/mol. The Morgan fingerprint density at radius 1 is 1.38 bits per heavy atom. The Morgan fingerprint density at radius 3 is 2.69 bits per heavy atom. The quantitative estimate of drug-likeness (QED) is 0.778. The summed E-state index contributed by atoms with van der Waals surface area (Å²) in [5.41, 5.74) is 8.33. The highest BCUT2D eigenvalue weighted by atomic mass is 16.5. The molecule has 1 saturated heterocycles. The van der Waals surface area contributed by atoms with Gasteiger partial charge in [-0.15, -0.1) is 0 Å². The molecule has 0 bridgehead atoms. The van der Waals surface area contributed by atoms with Crippen LogP contribution in [0.15, 0.2) is 18.2 Å².